The Morgan fingerprint density at radius 1 is 1.40 bits per heavy atom. The average molecular weight is 358 g/mol. The molecule has 1 saturated heterocycles. The fourth-order valence-corrected chi connectivity index (χ4v) is 2.44. The third kappa shape index (κ3) is 5.37. The molecular formula is C17H21F3N2O3. The molecule has 1 atom stereocenters. The van der Waals surface area contributed by atoms with Gasteiger partial charge in [0.05, 0.1) is 17.7 Å². The van der Waals surface area contributed by atoms with Gasteiger partial charge in [0.15, 0.2) is 0 Å². The molecule has 0 aromatic heterocycles. The number of ether oxygens (including phenoxy) is 1. The van der Waals surface area contributed by atoms with Crippen LogP contribution in [0.3, 0.4) is 0 Å². The molecule has 2 N–H and O–H groups in total. The van der Waals surface area contributed by atoms with Crippen LogP contribution in [-0.2, 0) is 11.0 Å². The minimum atomic E-state index is -4.56. The molecule has 1 fully saturated rings. The van der Waals surface area contributed by atoms with Crippen LogP contribution in [0.15, 0.2) is 18.2 Å². The van der Waals surface area contributed by atoms with Crippen molar-refractivity contribution in [3.8, 4) is 5.75 Å². The van der Waals surface area contributed by atoms with E-state index in [1.165, 1.54) is 0 Å². The van der Waals surface area contributed by atoms with E-state index in [1.54, 1.807) is 0 Å². The van der Waals surface area contributed by atoms with Crippen molar-refractivity contribution in [2.24, 2.45) is 5.92 Å². The summed E-state index contributed by atoms with van der Waals surface area (Å²) in [5.74, 6) is -0.624. The number of alkyl halides is 3. The summed E-state index contributed by atoms with van der Waals surface area (Å²) in [5, 5.41) is 5.26. The van der Waals surface area contributed by atoms with Gasteiger partial charge < -0.3 is 15.4 Å². The summed E-state index contributed by atoms with van der Waals surface area (Å²) in [7, 11) is 0. The van der Waals surface area contributed by atoms with E-state index in [1.807, 2.05) is 13.8 Å². The van der Waals surface area contributed by atoms with Crippen LogP contribution in [0.4, 0.5) is 13.2 Å². The van der Waals surface area contributed by atoms with Crippen molar-refractivity contribution in [1.29, 1.82) is 0 Å². The SMILES string of the molecule is CC(C)COc1ccc(C(F)(F)F)cc1C(=O)NC1CCNC(=O)C1. The maximum atomic E-state index is 13.0. The predicted octanol–water partition coefficient (Wildman–Crippen LogP) is 2.75. The Morgan fingerprint density at radius 2 is 2.12 bits per heavy atom. The van der Waals surface area contributed by atoms with Crippen LogP contribution in [0, 0.1) is 5.92 Å². The summed E-state index contributed by atoms with van der Waals surface area (Å²) in [4.78, 5) is 23.9. The van der Waals surface area contributed by atoms with Crippen LogP contribution in [0.2, 0.25) is 0 Å². The second-order valence-electron chi connectivity index (χ2n) is 6.43. The number of halogens is 3. The molecule has 1 aromatic carbocycles. The molecule has 0 spiro atoms. The highest BCUT2D eigenvalue weighted by atomic mass is 19.4. The van der Waals surface area contributed by atoms with Gasteiger partial charge in [0, 0.05) is 19.0 Å². The number of carbonyl (C=O) groups is 2. The normalized spacial score (nSPS) is 18.0. The number of piperidine rings is 1. The van der Waals surface area contributed by atoms with Crippen molar-refractivity contribution in [1.82, 2.24) is 10.6 Å². The number of rotatable bonds is 5. The minimum Gasteiger partial charge on any atom is -0.492 e. The first kappa shape index (κ1) is 19.1. The number of amides is 2. The van der Waals surface area contributed by atoms with Crippen molar-refractivity contribution in [3.63, 3.8) is 0 Å². The largest absolute Gasteiger partial charge is 0.492 e. The van der Waals surface area contributed by atoms with E-state index in [0.29, 0.717) is 13.0 Å². The van der Waals surface area contributed by atoms with Crippen LogP contribution in [0.1, 0.15) is 42.6 Å². The van der Waals surface area contributed by atoms with Crippen molar-refractivity contribution >= 4 is 11.8 Å². The molecule has 1 aromatic rings. The third-order valence-corrected chi connectivity index (χ3v) is 3.71. The maximum Gasteiger partial charge on any atom is 0.416 e. The van der Waals surface area contributed by atoms with Gasteiger partial charge in [0.2, 0.25) is 5.91 Å². The molecule has 2 rings (SSSR count). The Balaban J connectivity index is 2.24. The van der Waals surface area contributed by atoms with Gasteiger partial charge in [0.25, 0.3) is 5.91 Å². The molecule has 2 amide bonds. The lowest BCUT2D eigenvalue weighted by atomic mass is 10.0. The second-order valence-corrected chi connectivity index (χ2v) is 6.43. The van der Waals surface area contributed by atoms with E-state index >= 15 is 0 Å². The van der Waals surface area contributed by atoms with Gasteiger partial charge in [0.1, 0.15) is 5.75 Å². The number of hydrogen-bond donors (Lipinski definition) is 2. The van der Waals surface area contributed by atoms with E-state index in [4.69, 9.17) is 4.74 Å². The van der Waals surface area contributed by atoms with Gasteiger partial charge in [-0.05, 0) is 30.5 Å². The van der Waals surface area contributed by atoms with Crippen molar-refractivity contribution < 1.29 is 27.5 Å². The van der Waals surface area contributed by atoms with E-state index in [0.717, 1.165) is 18.2 Å². The number of hydrogen-bond acceptors (Lipinski definition) is 3. The highest BCUT2D eigenvalue weighted by Gasteiger charge is 2.32. The zero-order valence-corrected chi connectivity index (χ0v) is 14.1. The van der Waals surface area contributed by atoms with E-state index in [9.17, 15) is 22.8 Å². The molecule has 0 bridgehead atoms. The van der Waals surface area contributed by atoms with Crippen molar-refractivity contribution in [2.75, 3.05) is 13.2 Å². The van der Waals surface area contributed by atoms with Crippen LogP contribution in [-0.4, -0.2) is 31.0 Å². The van der Waals surface area contributed by atoms with Gasteiger partial charge >= 0.3 is 6.18 Å². The molecule has 25 heavy (non-hydrogen) atoms. The lowest BCUT2D eigenvalue weighted by molar-refractivity contribution is -0.137. The van der Waals surface area contributed by atoms with Crippen LogP contribution in [0.25, 0.3) is 0 Å². The van der Waals surface area contributed by atoms with E-state index < -0.39 is 23.7 Å². The summed E-state index contributed by atoms with van der Waals surface area (Å²) in [5.41, 5.74) is -1.10. The Bertz CT molecular complexity index is 645. The summed E-state index contributed by atoms with van der Waals surface area (Å²) in [6.45, 7) is 4.48. The lowest BCUT2D eigenvalue weighted by Gasteiger charge is -2.24. The highest BCUT2D eigenvalue weighted by molar-refractivity contribution is 5.97. The summed E-state index contributed by atoms with van der Waals surface area (Å²) < 4.78 is 44.4. The fourth-order valence-electron chi connectivity index (χ4n) is 2.44. The zero-order chi connectivity index (χ0) is 18.6. The molecule has 1 aliphatic rings. The molecule has 1 aliphatic heterocycles. The van der Waals surface area contributed by atoms with E-state index in [-0.39, 0.29) is 36.2 Å². The average Bonchev–Trinajstić information content (AvgIpc) is 2.51. The molecule has 138 valence electrons. The molecule has 1 heterocycles. The number of nitrogens with one attached hydrogen (secondary N) is 2. The quantitative estimate of drug-likeness (QED) is 0.851. The molecule has 8 heteroatoms. The molecule has 0 radical (unpaired) electrons. The second kappa shape index (κ2) is 7.76. The Morgan fingerprint density at radius 3 is 2.72 bits per heavy atom. The maximum absolute atomic E-state index is 13.0. The first-order valence-electron chi connectivity index (χ1n) is 8.08. The molecule has 0 aliphatic carbocycles. The molecule has 0 saturated carbocycles. The Kier molecular flexibility index (Phi) is 5.92. The Labute approximate surface area is 143 Å². The minimum absolute atomic E-state index is 0.0967. The number of benzene rings is 1. The summed E-state index contributed by atoms with van der Waals surface area (Å²) in [6.07, 6.45) is -3.93. The van der Waals surface area contributed by atoms with Gasteiger partial charge in [-0.15, -0.1) is 0 Å². The standard InChI is InChI=1S/C17H21F3N2O3/c1-10(2)9-25-14-4-3-11(17(18,19)20)7-13(14)16(24)22-12-5-6-21-15(23)8-12/h3-4,7,10,12H,5-6,8-9H2,1-2H3,(H,21,23)(H,22,24). The molecule has 5 nitrogen and oxygen atoms in total. The first-order chi connectivity index (χ1) is 11.7. The topological polar surface area (TPSA) is 67.4 Å². The van der Waals surface area contributed by atoms with Gasteiger partial charge in [-0.1, -0.05) is 13.8 Å². The molecule has 1 unspecified atom stereocenters. The summed E-state index contributed by atoms with van der Waals surface area (Å²) in [6, 6.07) is 2.43. The van der Waals surface area contributed by atoms with Crippen LogP contribution < -0.4 is 15.4 Å². The highest BCUT2D eigenvalue weighted by Crippen LogP contribution is 2.33. The lowest BCUT2D eigenvalue weighted by Crippen LogP contribution is -2.45. The van der Waals surface area contributed by atoms with Gasteiger partial charge in [-0.25, -0.2) is 0 Å². The number of carbonyl (C=O) groups excluding carboxylic acids is 2. The smallest absolute Gasteiger partial charge is 0.416 e. The van der Waals surface area contributed by atoms with Crippen molar-refractivity contribution in [2.45, 2.75) is 38.9 Å². The van der Waals surface area contributed by atoms with Gasteiger partial charge in [-0.3, -0.25) is 9.59 Å². The molecular weight excluding hydrogens is 337 g/mol. The van der Waals surface area contributed by atoms with E-state index in [2.05, 4.69) is 10.6 Å². The van der Waals surface area contributed by atoms with Crippen LogP contribution in [0.5, 0.6) is 5.75 Å². The first-order valence-corrected chi connectivity index (χ1v) is 8.08. The predicted molar refractivity (Wildman–Crippen MR) is 85.3 cm³/mol. The van der Waals surface area contributed by atoms with Crippen LogP contribution >= 0.6 is 0 Å². The van der Waals surface area contributed by atoms with Gasteiger partial charge in [-0.2, -0.15) is 13.2 Å². The summed E-state index contributed by atoms with van der Waals surface area (Å²) >= 11 is 0. The third-order valence-electron chi connectivity index (χ3n) is 3.71. The zero-order valence-electron chi connectivity index (χ0n) is 14.1. The Hall–Kier alpha value is -2.25. The van der Waals surface area contributed by atoms with Crippen molar-refractivity contribution in [3.05, 3.63) is 29.3 Å². The monoisotopic (exact) mass is 358 g/mol. The fraction of sp³-hybridized carbons (Fsp3) is 0.529.